The van der Waals surface area contributed by atoms with Crippen LogP contribution in [0.2, 0.25) is 0 Å². The number of halogens is 1. The van der Waals surface area contributed by atoms with E-state index in [0.29, 0.717) is 18.7 Å². The van der Waals surface area contributed by atoms with Gasteiger partial charge >= 0.3 is 0 Å². The second kappa shape index (κ2) is 5.03. The fraction of sp³-hybridized carbons (Fsp3) is 0.529. The third kappa shape index (κ3) is 2.41. The Kier molecular flexibility index (Phi) is 3.20. The molecule has 0 spiro atoms. The van der Waals surface area contributed by atoms with Crippen molar-refractivity contribution in [2.24, 2.45) is 5.92 Å². The van der Waals surface area contributed by atoms with Crippen LogP contribution in [0.1, 0.15) is 41.7 Å². The van der Waals surface area contributed by atoms with Crippen LogP contribution in [0.15, 0.2) is 18.3 Å². The van der Waals surface area contributed by atoms with Gasteiger partial charge in [-0.2, -0.15) is 4.39 Å². The van der Waals surface area contributed by atoms with Gasteiger partial charge in [0.25, 0.3) is 5.91 Å². The van der Waals surface area contributed by atoms with Gasteiger partial charge in [0.1, 0.15) is 5.65 Å². The van der Waals surface area contributed by atoms with E-state index in [1.807, 2.05) is 6.92 Å². The van der Waals surface area contributed by atoms with Crippen molar-refractivity contribution in [1.82, 2.24) is 14.3 Å². The summed E-state index contributed by atoms with van der Waals surface area (Å²) < 4.78 is 15.8. The molecule has 6 heteroatoms. The van der Waals surface area contributed by atoms with Gasteiger partial charge in [0.2, 0.25) is 5.95 Å². The first-order valence-corrected chi connectivity index (χ1v) is 8.14. The molecule has 1 amide bonds. The molecule has 23 heavy (non-hydrogen) atoms. The van der Waals surface area contributed by atoms with Crippen LogP contribution in [-0.2, 0) is 0 Å². The van der Waals surface area contributed by atoms with Gasteiger partial charge in [-0.25, -0.2) is 4.98 Å². The number of likely N-dealkylation sites (tertiary alicyclic amines) is 1. The van der Waals surface area contributed by atoms with E-state index < -0.39 is 11.5 Å². The van der Waals surface area contributed by atoms with Gasteiger partial charge in [-0.15, -0.1) is 0 Å². The molecule has 3 heterocycles. The number of aryl methyl sites for hydroxylation is 1. The summed E-state index contributed by atoms with van der Waals surface area (Å²) in [7, 11) is 0. The normalized spacial score (nSPS) is 23.3. The van der Waals surface area contributed by atoms with Crippen molar-refractivity contribution in [3.05, 3.63) is 35.5 Å². The molecule has 0 radical (unpaired) electrons. The van der Waals surface area contributed by atoms with E-state index in [9.17, 15) is 14.3 Å². The van der Waals surface area contributed by atoms with E-state index in [4.69, 9.17) is 0 Å². The second-order valence-electron chi connectivity index (χ2n) is 6.88. The Morgan fingerprint density at radius 2 is 2.26 bits per heavy atom. The van der Waals surface area contributed by atoms with Gasteiger partial charge < -0.3 is 10.0 Å². The quantitative estimate of drug-likeness (QED) is 0.923. The maximum absolute atomic E-state index is 14.5. The maximum Gasteiger partial charge on any atom is 0.277 e. The molecule has 2 aliphatic rings. The number of piperidine rings is 1. The summed E-state index contributed by atoms with van der Waals surface area (Å²) in [5.74, 6) is -0.891. The number of hydrogen-bond donors (Lipinski definition) is 1. The fourth-order valence-electron chi connectivity index (χ4n) is 3.54. The predicted molar refractivity (Wildman–Crippen MR) is 82.7 cm³/mol. The lowest BCUT2D eigenvalue weighted by molar-refractivity contribution is 0.0277. The van der Waals surface area contributed by atoms with Gasteiger partial charge in [-0.1, -0.05) is 0 Å². The van der Waals surface area contributed by atoms with Gasteiger partial charge in [-0.05, 0) is 50.3 Å². The number of fused-ring (bicyclic) bond motifs is 1. The number of hydrogen-bond acceptors (Lipinski definition) is 3. The lowest BCUT2D eigenvalue weighted by atomic mass is 9.90. The number of carbonyl (C=O) groups excluding carboxylic acids is 1. The highest BCUT2D eigenvalue weighted by Crippen LogP contribution is 2.45. The molecule has 1 unspecified atom stereocenters. The summed E-state index contributed by atoms with van der Waals surface area (Å²) in [6, 6.07) is 3.54. The monoisotopic (exact) mass is 317 g/mol. The molecule has 1 saturated carbocycles. The Bertz CT molecular complexity index is 781. The Morgan fingerprint density at radius 1 is 1.48 bits per heavy atom. The summed E-state index contributed by atoms with van der Waals surface area (Å²) in [4.78, 5) is 18.5. The zero-order chi connectivity index (χ0) is 16.2. The van der Waals surface area contributed by atoms with Gasteiger partial charge in [0.15, 0.2) is 5.69 Å². The minimum Gasteiger partial charge on any atom is -0.390 e. The summed E-state index contributed by atoms with van der Waals surface area (Å²) in [6.07, 6.45) is 4.97. The molecule has 0 bridgehead atoms. The van der Waals surface area contributed by atoms with E-state index >= 15 is 0 Å². The summed E-state index contributed by atoms with van der Waals surface area (Å²) >= 11 is 0. The molecule has 2 aromatic heterocycles. The third-order valence-electron chi connectivity index (χ3n) is 5.16. The van der Waals surface area contributed by atoms with Crippen LogP contribution in [0, 0.1) is 18.8 Å². The molecule has 1 saturated heterocycles. The highest BCUT2D eigenvalue weighted by Gasteiger charge is 2.49. The minimum absolute atomic E-state index is 0.0996. The van der Waals surface area contributed by atoms with Crippen LogP contribution in [-0.4, -0.2) is 44.0 Å². The average Bonchev–Trinajstić information content (AvgIpc) is 3.22. The topological polar surface area (TPSA) is 57.8 Å². The summed E-state index contributed by atoms with van der Waals surface area (Å²) in [5, 5.41) is 10.3. The molecule has 1 aliphatic carbocycles. The molecule has 122 valence electrons. The van der Waals surface area contributed by atoms with Gasteiger partial charge in [0, 0.05) is 25.2 Å². The smallest absolute Gasteiger partial charge is 0.277 e. The van der Waals surface area contributed by atoms with E-state index in [0.717, 1.165) is 31.2 Å². The number of aromatic nitrogens is 2. The molecule has 1 aliphatic heterocycles. The highest BCUT2D eigenvalue weighted by atomic mass is 19.1. The first kappa shape index (κ1) is 14.6. The second-order valence-corrected chi connectivity index (χ2v) is 6.88. The minimum atomic E-state index is -0.614. The zero-order valence-electron chi connectivity index (χ0n) is 13.1. The Morgan fingerprint density at radius 3 is 3.00 bits per heavy atom. The molecule has 2 fully saturated rings. The molecular formula is C17H20FN3O2. The van der Waals surface area contributed by atoms with Crippen molar-refractivity contribution < 1.29 is 14.3 Å². The fourth-order valence-corrected chi connectivity index (χ4v) is 3.54. The molecule has 5 nitrogen and oxygen atoms in total. The number of aliphatic hydroxyl groups is 1. The Balaban J connectivity index is 1.62. The number of amides is 1. The first-order chi connectivity index (χ1) is 11.0. The number of imidazole rings is 1. The lowest BCUT2D eigenvalue weighted by Gasteiger charge is -2.35. The summed E-state index contributed by atoms with van der Waals surface area (Å²) in [6.45, 7) is 2.99. The van der Waals surface area contributed by atoms with Crippen LogP contribution >= 0.6 is 0 Å². The SMILES string of the molecule is Cc1ccn2c(F)c(C(=O)N3CCCC(C4(O)CC4)C3)nc2c1. The molecule has 1 atom stereocenters. The van der Waals surface area contributed by atoms with Crippen molar-refractivity contribution in [2.75, 3.05) is 13.1 Å². The van der Waals surface area contributed by atoms with Crippen molar-refractivity contribution in [2.45, 2.75) is 38.2 Å². The van der Waals surface area contributed by atoms with E-state index in [2.05, 4.69) is 4.98 Å². The molecular weight excluding hydrogens is 297 g/mol. The third-order valence-corrected chi connectivity index (χ3v) is 5.16. The van der Waals surface area contributed by atoms with Crippen molar-refractivity contribution in [3.63, 3.8) is 0 Å². The van der Waals surface area contributed by atoms with Crippen LogP contribution in [0.5, 0.6) is 0 Å². The number of nitrogens with zero attached hydrogens (tertiary/aromatic N) is 3. The van der Waals surface area contributed by atoms with Crippen LogP contribution in [0.25, 0.3) is 5.65 Å². The first-order valence-electron chi connectivity index (χ1n) is 8.14. The van der Waals surface area contributed by atoms with Crippen molar-refractivity contribution in [1.29, 1.82) is 0 Å². The summed E-state index contributed by atoms with van der Waals surface area (Å²) in [5.41, 5.74) is 0.683. The van der Waals surface area contributed by atoms with Crippen molar-refractivity contribution in [3.8, 4) is 0 Å². The number of carbonyl (C=O) groups is 1. The van der Waals surface area contributed by atoms with Gasteiger partial charge in [0.05, 0.1) is 5.60 Å². The molecule has 1 N–H and O–H groups in total. The van der Waals surface area contributed by atoms with E-state index in [1.54, 1.807) is 23.2 Å². The average molecular weight is 317 g/mol. The van der Waals surface area contributed by atoms with Crippen molar-refractivity contribution >= 4 is 11.6 Å². The molecule has 2 aromatic rings. The molecule has 4 rings (SSSR count). The maximum atomic E-state index is 14.5. The predicted octanol–water partition coefficient (Wildman–Crippen LogP) is 2.16. The largest absolute Gasteiger partial charge is 0.390 e. The number of pyridine rings is 1. The van der Waals surface area contributed by atoms with Crippen LogP contribution in [0.4, 0.5) is 4.39 Å². The zero-order valence-corrected chi connectivity index (χ0v) is 13.1. The lowest BCUT2D eigenvalue weighted by Crippen LogP contribution is -2.44. The highest BCUT2D eigenvalue weighted by molar-refractivity contribution is 5.93. The van der Waals surface area contributed by atoms with E-state index in [-0.39, 0.29) is 17.5 Å². The Labute approximate surface area is 133 Å². The number of rotatable bonds is 2. The Hall–Kier alpha value is -1.95. The standard InChI is InChI=1S/C17H20FN3O2/c1-11-4-8-21-13(9-11)19-14(15(21)18)16(22)20-7-2-3-12(10-20)17(23)5-6-17/h4,8-9,12,23H,2-3,5-7,10H2,1H3. The van der Waals surface area contributed by atoms with E-state index in [1.165, 1.54) is 4.40 Å². The molecule has 0 aromatic carbocycles. The van der Waals surface area contributed by atoms with Crippen LogP contribution < -0.4 is 0 Å². The van der Waals surface area contributed by atoms with Gasteiger partial charge in [-0.3, -0.25) is 9.20 Å². The van der Waals surface area contributed by atoms with Crippen LogP contribution in [0.3, 0.4) is 0 Å².